The zero-order chi connectivity index (χ0) is 17.5. The number of carboxylic acid groups (broad SMARTS) is 1. The van der Waals surface area contributed by atoms with Crippen LogP contribution in [0.2, 0.25) is 0 Å². The fourth-order valence-corrected chi connectivity index (χ4v) is 1.82. The first kappa shape index (κ1) is 16.8. The van der Waals surface area contributed by atoms with Crippen LogP contribution < -0.4 is 5.63 Å². The van der Waals surface area contributed by atoms with Gasteiger partial charge in [-0.3, -0.25) is 0 Å². The van der Waals surface area contributed by atoms with Gasteiger partial charge in [-0.15, -0.1) is 0 Å². The predicted octanol–water partition coefficient (Wildman–Crippen LogP) is 2.99. The second-order valence-electron chi connectivity index (χ2n) is 4.71. The molecule has 0 amide bonds. The zero-order valence-corrected chi connectivity index (χ0v) is 12.4. The van der Waals surface area contributed by atoms with E-state index >= 15 is 0 Å². The number of benzene rings is 2. The highest BCUT2D eigenvalue weighted by Crippen LogP contribution is 2.25. The molecule has 1 heterocycles. The number of para-hydroxylation sites is 1. The molecule has 0 aliphatic heterocycles. The summed E-state index contributed by atoms with van der Waals surface area (Å²) >= 11 is 0. The lowest BCUT2D eigenvalue weighted by Crippen LogP contribution is -1.93. The summed E-state index contributed by atoms with van der Waals surface area (Å²) < 4.78 is 4.91. The summed E-state index contributed by atoms with van der Waals surface area (Å²) in [7, 11) is 0. The van der Waals surface area contributed by atoms with Crippen molar-refractivity contribution in [3.8, 4) is 11.5 Å². The van der Waals surface area contributed by atoms with Crippen LogP contribution in [0.5, 0.6) is 11.5 Å². The highest BCUT2D eigenvalue weighted by Gasteiger charge is 1.98. The largest absolute Gasteiger partial charge is 0.504 e. The lowest BCUT2D eigenvalue weighted by atomic mass is 10.2. The molecule has 3 aromatic rings. The Morgan fingerprint density at radius 3 is 2.42 bits per heavy atom. The molecular weight excluding hydrogens is 312 g/mol. The van der Waals surface area contributed by atoms with Gasteiger partial charge in [0.05, 0.1) is 0 Å². The Morgan fingerprint density at radius 2 is 1.71 bits per heavy atom. The van der Waals surface area contributed by atoms with E-state index in [9.17, 15) is 9.59 Å². The summed E-state index contributed by atoms with van der Waals surface area (Å²) in [5, 5.41) is 27.2. The predicted molar refractivity (Wildman–Crippen MR) is 88.9 cm³/mol. The number of hydrogen-bond acceptors (Lipinski definition) is 5. The minimum Gasteiger partial charge on any atom is -0.504 e. The first-order valence-electron chi connectivity index (χ1n) is 6.87. The van der Waals surface area contributed by atoms with E-state index in [1.807, 2.05) is 18.2 Å². The molecule has 6 heteroatoms. The van der Waals surface area contributed by atoms with Gasteiger partial charge in [-0.2, -0.15) is 0 Å². The summed E-state index contributed by atoms with van der Waals surface area (Å²) in [4.78, 5) is 20.8. The second-order valence-corrected chi connectivity index (χ2v) is 4.71. The van der Waals surface area contributed by atoms with Gasteiger partial charge in [0.25, 0.3) is 0 Å². The molecule has 0 bridgehead atoms. The average Bonchev–Trinajstić information content (AvgIpc) is 2.56. The number of carboxylic acids is 1. The maximum absolute atomic E-state index is 10.7. The molecule has 0 radical (unpaired) electrons. The highest BCUT2D eigenvalue weighted by atomic mass is 16.4. The zero-order valence-electron chi connectivity index (χ0n) is 12.4. The maximum atomic E-state index is 10.7. The number of aromatic hydroxyl groups is 2. The first-order valence-corrected chi connectivity index (χ1v) is 6.87. The van der Waals surface area contributed by atoms with Gasteiger partial charge >= 0.3 is 11.6 Å². The van der Waals surface area contributed by atoms with Crippen molar-refractivity contribution in [1.82, 2.24) is 0 Å². The molecular formula is C18H14O6. The minimum atomic E-state index is -1.06. The standard InChI is InChI=1S/C9H8O4.C9H6O2/c10-7-3-1-6(5-8(7)11)2-4-9(12)13;10-9-6-5-7-3-1-2-4-8(7)11-9/h1-5,10-11H,(H,12,13);1-6H/b4-2+;. The van der Waals surface area contributed by atoms with E-state index in [0.29, 0.717) is 11.1 Å². The molecule has 6 nitrogen and oxygen atoms in total. The van der Waals surface area contributed by atoms with Crippen LogP contribution in [0.15, 0.2) is 69.9 Å². The number of phenolic OH excluding ortho intramolecular Hbond substituents is 2. The van der Waals surface area contributed by atoms with Crippen molar-refractivity contribution in [1.29, 1.82) is 0 Å². The van der Waals surface area contributed by atoms with Gasteiger partial charge in [0.15, 0.2) is 11.5 Å². The van der Waals surface area contributed by atoms with E-state index in [1.165, 1.54) is 30.3 Å². The van der Waals surface area contributed by atoms with Crippen molar-refractivity contribution >= 4 is 23.0 Å². The van der Waals surface area contributed by atoms with Gasteiger partial charge in [-0.25, -0.2) is 9.59 Å². The lowest BCUT2D eigenvalue weighted by molar-refractivity contribution is -0.131. The Morgan fingerprint density at radius 1 is 0.958 bits per heavy atom. The Bertz CT molecular complexity index is 939. The Kier molecular flexibility index (Phi) is 5.36. The molecule has 1 aromatic heterocycles. The third kappa shape index (κ3) is 4.74. The number of phenols is 2. The molecule has 0 unspecified atom stereocenters. The Hall–Kier alpha value is -3.54. The van der Waals surface area contributed by atoms with E-state index in [0.717, 1.165) is 11.5 Å². The van der Waals surface area contributed by atoms with Gasteiger partial charge in [0.2, 0.25) is 0 Å². The molecule has 0 fully saturated rings. The fourth-order valence-electron chi connectivity index (χ4n) is 1.82. The quantitative estimate of drug-likeness (QED) is 0.379. The summed E-state index contributed by atoms with van der Waals surface area (Å²) in [6.07, 6.45) is 2.27. The van der Waals surface area contributed by atoms with E-state index in [-0.39, 0.29) is 17.1 Å². The molecule has 3 rings (SSSR count). The van der Waals surface area contributed by atoms with Gasteiger partial charge in [0.1, 0.15) is 5.58 Å². The molecule has 0 spiro atoms. The average molecular weight is 326 g/mol. The van der Waals surface area contributed by atoms with Crippen molar-refractivity contribution < 1.29 is 24.5 Å². The SMILES string of the molecule is O=C(O)/C=C/c1ccc(O)c(O)c1.O=c1ccc2ccccc2o1. The molecule has 0 aliphatic rings. The third-order valence-electron chi connectivity index (χ3n) is 2.95. The van der Waals surface area contributed by atoms with Crippen molar-refractivity contribution in [2.45, 2.75) is 0 Å². The normalized spacial score (nSPS) is 10.3. The van der Waals surface area contributed by atoms with Crippen LogP contribution in [0.4, 0.5) is 0 Å². The van der Waals surface area contributed by atoms with Crippen molar-refractivity contribution in [3.63, 3.8) is 0 Å². The molecule has 122 valence electrons. The third-order valence-corrected chi connectivity index (χ3v) is 2.95. The van der Waals surface area contributed by atoms with E-state index in [1.54, 1.807) is 12.1 Å². The van der Waals surface area contributed by atoms with Crippen LogP contribution >= 0.6 is 0 Å². The monoisotopic (exact) mass is 326 g/mol. The molecule has 0 saturated carbocycles. The topological polar surface area (TPSA) is 108 Å². The summed E-state index contributed by atoms with van der Waals surface area (Å²) in [6.45, 7) is 0. The molecule has 0 atom stereocenters. The molecule has 24 heavy (non-hydrogen) atoms. The summed E-state index contributed by atoms with van der Waals surface area (Å²) in [6, 6.07) is 14.6. The van der Waals surface area contributed by atoms with Crippen LogP contribution in [0.25, 0.3) is 17.0 Å². The number of rotatable bonds is 2. The van der Waals surface area contributed by atoms with Crippen LogP contribution in [0, 0.1) is 0 Å². The number of aliphatic carboxylic acids is 1. The second kappa shape index (κ2) is 7.64. The molecule has 3 N–H and O–H groups in total. The molecule has 2 aromatic carbocycles. The molecule has 0 saturated heterocycles. The number of fused-ring (bicyclic) bond motifs is 1. The van der Waals surface area contributed by atoms with Crippen molar-refractivity contribution in [3.05, 3.63) is 76.7 Å². The van der Waals surface area contributed by atoms with Crippen molar-refractivity contribution in [2.24, 2.45) is 0 Å². The Labute approximate surface area is 136 Å². The van der Waals surface area contributed by atoms with Crippen LogP contribution in [-0.2, 0) is 4.79 Å². The number of hydrogen-bond donors (Lipinski definition) is 3. The first-order chi connectivity index (χ1) is 11.5. The van der Waals surface area contributed by atoms with E-state index < -0.39 is 5.97 Å². The smallest absolute Gasteiger partial charge is 0.336 e. The highest BCUT2D eigenvalue weighted by molar-refractivity contribution is 5.85. The lowest BCUT2D eigenvalue weighted by Gasteiger charge is -1.97. The van der Waals surface area contributed by atoms with Gasteiger partial charge in [0, 0.05) is 17.5 Å². The number of carbonyl (C=O) groups is 1. The maximum Gasteiger partial charge on any atom is 0.336 e. The van der Waals surface area contributed by atoms with Crippen LogP contribution in [-0.4, -0.2) is 21.3 Å². The van der Waals surface area contributed by atoms with Crippen molar-refractivity contribution in [2.75, 3.05) is 0 Å². The summed E-state index contributed by atoms with van der Waals surface area (Å²) in [5.41, 5.74) is 0.849. The Balaban J connectivity index is 0.000000175. The van der Waals surface area contributed by atoms with Crippen LogP contribution in [0.1, 0.15) is 5.56 Å². The van der Waals surface area contributed by atoms with Crippen LogP contribution in [0.3, 0.4) is 0 Å². The van der Waals surface area contributed by atoms with Gasteiger partial charge in [-0.1, -0.05) is 24.3 Å². The van der Waals surface area contributed by atoms with Gasteiger partial charge < -0.3 is 19.7 Å². The minimum absolute atomic E-state index is 0.229. The summed E-state index contributed by atoms with van der Waals surface area (Å²) in [5.74, 6) is -1.56. The van der Waals surface area contributed by atoms with E-state index in [2.05, 4.69) is 0 Å². The fraction of sp³-hybridized carbons (Fsp3) is 0. The van der Waals surface area contributed by atoms with E-state index in [4.69, 9.17) is 19.7 Å². The molecule has 0 aliphatic carbocycles. The van der Waals surface area contributed by atoms with Gasteiger partial charge in [-0.05, 0) is 35.9 Å².